The normalized spacial score (nSPS) is 14.6. The number of thiazole rings is 1. The summed E-state index contributed by atoms with van der Waals surface area (Å²) < 4.78 is 13.0. The molecule has 4 aromatic rings. The van der Waals surface area contributed by atoms with Gasteiger partial charge >= 0.3 is 0 Å². The minimum atomic E-state index is -0.681. The molecule has 1 atom stereocenters. The summed E-state index contributed by atoms with van der Waals surface area (Å²) in [5, 5.41) is 11.7. The van der Waals surface area contributed by atoms with Crippen LogP contribution in [0.4, 0.5) is 5.69 Å². The molecule has 0 aliphatic carbocycles. The molecule has 0 unspecified atom stereocenters. The average Bonchev–Trinajstić information content (AvgIpc) is 3.27. The molecule has 1 aromatic heterocycles. The number of rotatable bonds is 8. The molecular weight excluding hydrogens is 524 g/mol. The van der Waals surface area contributed by atoms with Gasteiger partial charge in [-0.3, -0.25) is 14.2 Å². The molecule has 1 amide bonds. The van der Waals surface area contributed by atoms with Crippen molar-refractivity contribution < 1.29 is 14.3 Å². The fourth-order valence-electron chi connectivity index (χ4n) is 4.49. The molecule has 2 heterocycles. The number of benzene rings is 3. The number of anilines is 1. The number of ether oxygens (including phenoxy) is 2. The fourth-order valence-corrected chi connectivity index (χ4v) is 5.53. The van der Waals surface area contributed by atoms with Crippen LogP contribution in [0.5, 0.6) is 11.5 Å². The topological polar surface area (TPSA) is 106 Å². The van der Waals surface area contributed by atoms with E-state index in [0.717, 1.165) is 11.1 Å². The van der Waals surface area contributed by atoms with Gasteiger partial charge in [-0.1, -0.05) is 53.8 Å². The van der Waals surface area contributed by atoms with Crippen molar-refractivity contribution in [3.05, 3.63) is 121 Å². The van der Waals surface area contributed by atoms with E-state index in [0.29, 0.717) is 44.4 Å². The first-order valence-electron chi connectivity index (χ1n) is 12.7. The zero-order valence-electron chi connectivity index (χ0n) is 22.0. The smallest absolute Gasteiger partial charge is 0.271 e. The fraction of sp³-hybridized carbons (Fsp3) is 0.161. The van der Waals surface area contributed by atoms with Crippen LogP contribution in [0.15, 0.2) is 99.9 Å². The molecule has 0 spiro atoms. The maximum atomic E-state index is 13.9. The molecule has 1 N–H and O–H groups in total. The van der Waals surface area contributed by atoms with Crippen molar-refractivity contribution in [1.29, 1.82) is 5.26 Å². The summed E-state index contributed by atoms with van der Waals surface area (Å²) in [4.78, 5) is 32.7. The SMILES string of the molecule is CCOc1ccc([C@H]2C(C(=O)Nc3ccccc3)=C(C)N=c3s/c(=C\c4ccc(OCC#N)cc4)c(=O)n32)cc1. The van der Waals surface area contributed by atoms with Gasteiger partial charge in [0.2, 0.25) is 0 Å². The van der Waals surface area contributed by atoms with Crippen molar-refractivity contribution in [2.24, 2.45) is 4.99 Å². The third-order valence-electron chi connectivity index (χ3n) is 6.29. The number of amides is 1. The number of hydrogen-bond acceptors (Lipinski definition) is 7. The highest BCUT2D eigenvalue weighted by atomic mass is 32.1. The molecule has 1 aliphatic rings. The maximum absolute atomic E-state index is 13.9. The van der Waals surface area contributed by atoms with E-state index in [2.05, 4.69) is 10.3 Å². The van der Waals surface area contributed by atoms with Crippen LogP contribution in [0.1, 0.15) is 31.0 Å². The van der Waals surface area contributed by atoms with Crippen LogP contribution in [0.25, 0.3) is 6.08 Å². The number of hydrogen-bond donors (Lipinski definition) is 1. The second-order valence-electron chi connectivity index (χ2n) is 8.92. The summed E-state index contributed by atoms with van der Waals surface area (Å²) in [6.45, 7) is 4.20. The molecule has 0 radical (unpaired) electrons. The van der Waals surface area contributed by atoms with Gasteiger partial charge < -0.3 is 14.8 Å². The van der Waals surface area contributed by atoms with Crippen LogP contribution in [-0.2, 0) is 4.79 Å². The molecule has 0 bridgehead atoms. The van der Waals surface area contributed by atoms with Gasteiger partial charge in [-0.25, -0.2) is 4.99 Å². The highest BCUT2D eigenvalue weighted by molar-refractivity contribution is 7.07. The second kappa shape index (κ2) is 11.8. The lowest BCUT2D eigenvalue weighted by molar-refractivity contribution is -0.113. The van der Waals surface area contributed by atoms with Gasteiger partial charge in [-0.05, 0) is 67.4 Å². The third kappa shape index (κ3) is 5.58. The van der Waals surface area contributed by atoms with Crippen LogP contribution in [-0.4, -0.2) is 23.7 Å². The summed E-state index contributed by atoms with van der Waals surface area (Å²) >= 11 is 1.27. The van der Waals surface area contributed by atoms with E-state index in [1.165, 1.54) is 11.3 Å². The number of para-hydroxylation sites is 1. The van der Waals surface area contributed by atoms with E-state index in [9.17, 15) is 9.59 Å². The molecule has 8 nitrogen and oxygen atoms in total. The zero-order chi connectivity index (χ0) is 28.1. The average molecular weight is 551 g/mol. The molecule has 0 fully saturated rings. The zero-order valence-corrected chi connectivity index (χ0v) is 22.8. The molecule has 0 saturated carbocycles. The van der Waals surface area contributed by atoms with E-state index in [-0.39, 0.29) is 18.1 Å². The minimum absolute atomic E-state index is 0.0387. The van der Waals surface area contributed by atoms with E-state index in [4.69, 9.17) is 14.7 Å². The van der Waals surface area contributed by atoms with Crippen LogP contribution in [0.3, 0.4) is 0 Å². The summed E-state index contributed by atoms with van der Waals surface area (Å²) in [5.41, 5.74) is 2.90. The molecule has 200 valence electrons. The number of nitriles is 1. The number of nitrogens with one attached hydrogen (secondary N) is 1. The Morgan fingerprint density at radius 3 is 2.40 bits per heavy atom. The first-order chi connectivity index (χ1) is 19.5. The van der Waals surface area contributed by atoms with Crippen molar-refractivity contribution >= 4 is 29.0 Å². The van der Waals surface area contributed by atoms with Crippen molar-refractivity contribution in [2.75, 3.05) is 18.5 Å². The van der Waals surface area contributed by atoms with Crippen LogP contribution in [0, 0.1) is 11.3 Å². The van der Waals surface area contributed by atoms with Gasteiger partial charge in [0.05, 0.1) is 28.5 Å². The van der Waals surface area contributed by atoms with E-state index in [1.807, 2.05) is 79.7 Å². The Bertz CT molecular complexity index is 1780. The summed E-state index contributed by atoms with van der Waals surface area (Å²) in [6.07, 6.45) is 1.79. The van der Waals surface area contributed by atoms with Gasteiger partial charge in [0.25, 0.3) is 11.5 Å². The first-order valence-corrected chi connectivity index (χ1v) is 13.5. The van der Waals surface area contributed by atoms with Crippen molar-refractivity contribution in [3.8, 4) is 17.6 Å². The maximum Gasteiger partial charge on any atom is 0.271 e. The number of aromatic nitrogens is 1. The Labute approximate surface area is 234 Å². The van der Waals surface area contributed by atoms with Gasteiger partial charge in [-0.15, -0.1) is 0 Å². The number of fused-ring (bicyclic) bond motifs is 1. The van der Waals surface area contributed by atoms with Gasteiger partial charge in [0, 0.05) is 5.69 Å². The van der Waals surface area contributed by atoms with Crippen molar-refractivity contribution in [1.82, 2.24) is 4.57 Å². The quantitative estimate of drug-likeness (QED) is 0.354. The molecule has 3 aromatic carbocycles. The van der Waals surface area contributed by atoms with Crippen molar-refractivity contribution in [2.45, 2.75) is 19.9 Å². The molecule has 5 rings (SSSR count). The summed E-state index contributed by atoms with van der Waals surface area (Å²) in [6, 6.07) is 25.0. The largest absolute Gasteiger partial charge is 0.494 e. The van der Waals surface area contributed by atoms with Gasteiger partial charge in [-0.2, -0.15) is 5.26 Å². The van der Waals surface area contributed by atoms with E-state index < -0.39 is 6.04 Å². The second-order valence-corrected chi connectivity index (χ2v) is 9.93. The van der Waals surface area contributed by atoms with Crippen molar-refractivity contribution in [3.63, 3.8) is 0 Å². The van der Waals surface area contributed by atoms with Gasteiger partial charge in [0.15, 0.2) is 11.4 Å². The van der Waals surface area contributed by atoms with Gasteiger partial charge in [0.1, 0.15) is 17.6 Å². The predicted octanol–water partition coefficient (Wildman–Crippen LogP) is 4.17. The predicted molar refractivity (Wildman–Crippen MR) is 154 cm³/mol. The Kier molecular flexibility index (Phi) is 7.89. The minimum Gasteiger partial charge on any atom is -0.494 e. The van der Waals surface area contributed by atoms with E-state index in [1.54, 1.807) is 29.7 Å². The third-order valence-corrected chi connectivity index (χ3v) is 7.27. The van der Waals surface area contributed by atoms with Crippen LogP contribution >= 0.6 is 11.3 Å². The monoisotopic (exact) mass is 550 g/mol. The lowest BCUT2D eigenvalue weighted by Crippen LogP contribution is -2.40. The van der Waals surface area contributed by atoms with Crippen LogP contribution < -0.4 is 29.7 Å². The number of carbonyl (C=O) groups excluding carboxylic acids is 1. The lowest BCUT2D eigenvalue weighted by atomic mass is 9.95. The van der Waals surface area contributed by atoms with E-state index >= 15 is 0 Å². The number of carbonyl (C=O) groups is 1. The molecule has 40 heavy (non-hydrogen) atoms. The Morgan fingerprint density at radius 1 is 1.05 bits per heavy atom. The highest BCUT2D eigenvalue weighted by Gasteiger charge is 2.32. The summed E-state index contributed by atoms with van der Waals surface area (Å²) in [7, 11) is 0. The number of allylic oxidation sites excluding steroid dienone is 1. The molecule has 1 aliphatic heterocycles. The Balaban J connectivity index is 1.60. The standard InChI is InChI=1S/C31H26N4O4S/c1-3-38-24-15-11-22(12-16-24)28-27(29(36)34-23-7-5-4-6-8-23)20(2)33-31-35(28)30(37)26(40-31)19-21-9-13-25(14-10-21)39-18-17-32/h4-16,19,28H,3,18H2,1-2H3,(H,34,36)/b26-19-/t28-/m0/s1. The highest BCUT2D eigenvalue weighted by Crippen LogP contribution is 2.31. The molecular formula is C31H26N4O4S. The Morgan fingerprint density at radius 2 is 1.73 bits per heavy atom. The number of nitrogens with zero attached hydrogens (tertiary/aromatic N) is 3. The van der Waals surface area contributed by atoms with Crippen LogP contribution in [0.2, 0.25) is 0 Å². The first kappa shape index (κ1) is 26.7. The lowest BCUT2D eigenvalue weighted by Gasteiger charge is -2.25. The molecule has 0 saturated heterocycles. The summed E-state index contributed by atoms with van der Waals surface area (Å²) in [5.74, 6) is 0.950. The molecule has 9 heteroatoms. The Hall–Kier alpha value is -4.94.